The Morgan fingerprint density at radius 1 is 1.06 bits per heavy atom. The molecule has 9 heteroatoms. The van der Waals surface area contributed by atoms with E-state index in [9.17, 15) is 14.7 Å². The Morgan fingerprint density at radius 3 is 2.34 bits per heavy atom. The van der Waals surface area contributed by atoms with Gasteiger partial charge in [0.1, 0.15) is 11.5 Å². The number of hydrogen-bond donors (Lipinski definition) is 1. The number of carbonyl (C=O) groups is 2. The number of amides is 1. The molecule has 1 aromatic heterocycles. The van der Waals surface area contributed by atoms with Gasteiger partial charge < -0.3 is 19.1 Å². The third-order valence-electron chi connectivity index (χ3n) is 5.15. The fourth-order valence-electron chi connectivity index (χ4n) is 3.64. The van der Waals surface area contributed by atoms with Crippen LogP contribution in [0, 0.1) is 6.92 Å². The topological polar surface area (TPSA) is 102 Å². The molecule has 0 saturated carbocycles. The van der Waals surface area contributed by atoms with Gasteiger partial charge in [0, 0.05) is 16.7 Å². The van der Waals surface area contributed by atoms with Crippen molar-refractivity contribution in [2.45, 2.75) is 13.0 Å². The van der Waals surface area contributed by atoms with Crippen LogP contribution in [0.1, 0.15) is 22.9 Å². The maximum Gasteiger partial charge on any atom is 0.301 e. The minimum atomic E-state index is -0.977. The maximum absolute atomic E-state index is 13.1. The smallest absolute Gasteiger partial charge is 0.301 e. The second kappa shape index (κ2) is 8.39. The van der Waals surface area contributed by atoms with Crippen molar-refractivity contribution in [1.29, 1.82) is 0 Å². The zero-order valence-electron chi connectivity index (χ0n) is 17.5. The molecular weight excluding hydrogens is 436 g/mol. The maximum atomic E-state index is 13.1. The van der Waals surface area contributed by atoms with Crippen LogP contribution in [-0.4, -0.2) is 36.2 Å². The minimum Gasteiger partial charge on any atom is -0.507 e. The molecule has 0 bridgehead atoms. The summed E-state index contributed by atoms with van der Waals surface area (Å²) in [6.45, 7) is 1.67. The molecule has 32 heavy (non-hydrogen) atoms. The van der Waals surface area contributed by atoms with Crippen LogP contribution >= 0.6 is 11.6 Å². The van der Waals surface area contributed by atoms with Crippen molar-refractivity contribution in [2.75, 3.05) is 19.1 Å². The van der Waals surface area contributed by atoms with Crippen molar-refractivity contribution in [3.63, 3.8) is 0 Å². The predicted octanol–water partition coefficient (Wildman–Crippen LogP) is 4.28. The van der Waals surface area contributed by atoms with Crippen LogP contribution in [0.3, 0.4) is 0 Å². The average Bonchev–Trinajstić information content (AvgIpc) is 3.34. The number of rotatable bonds is 5. The Bertz CT molecular complexity index is 1230. The minimum absolute atomic E-state index is 0.0924. The Hall–Kier alpha value is -3.78. The van der Waals surface area contributed by atoms with Crippen LogP contribution in [0.4, 0.5) is 5.82 Å². The molecule has 2 aromatic carbocycles. The molecule has 0 aliphatic carbocycles. The third-order valence-corrected chi connectivity index (χ3v) is 5.40. The molecule has 1 atom stereocenters. The zero-order chi connectivity index (χ0) is 23.0. The van der Waals surface area contributed by atoms with Crippen molar-refractivity contribution < 1.29 is 28.7 Å². The number of ether oxygens (including phenoxy) is 2. The number of carbonyl (C=O) groups excluding carboxylic acids is 2. The molecule has 1 aliphatic heterocycles. The Kier molecular flexibility index (Phi) is 5.63. The first kappa shape index (κ1) is 21.5. The van der Waals surface area contributed by atoms with Gasteiger partial charge in [-0.1, -0.05) is 22.8 Å². The standard InChI is InChI=1S/C23H19ClN2O6/c1-12-10-18(25-32-12)26-20(14-6-9-16(30-2)17(11-14)31-3)19(22(28)23(26)29)21(27)13-4-7-15(24)8-5-13/h4-11,20,27H,1-3H3. The lowest BCUT2D eigenvalue weighted by Crippen LogP contribution is -2.29. The summed E-state index contributed by atoms with van der Waals surface area (Å²) in [6.07, 6.45) is 0. The fraction of sp³-hybridized carbons (Fsp3) is 0.174. The zero-order valence-corrected chi connectivity index (χ0v) is 18.2. The number of anilines is 1. The van der Waals surface area contributed by atoms with Gasteiger partial charge in [-0.05, 0) is 48.9 Å². The number of benzene rings is 2. The van der Waals surface area contributed by atoms with Crippen molar-refractivity contribution in [3.8, 4) is 11.5 Å². The summed E-state index contributed by atoms with van der Waals surface area (Å²) in [5.74, 6) is -0.527. The Labute approximate surface area is 188 Å². The van der Waals surface area contributed by atoms with Gasteiger partial charge in [-0.2, -0.15) is 0 Å². The highest BCUT2D eigenvalue weighted by atomic mass is 35.5. The predicted molar refractivity (Wildman–Crippen MR) is 117 cm³/mol. The van der Waals surface area contributed by atoms with Crippen LogP contribution < -0.4 is 14.4 Å². The average molecular weight is 455 g/mol. The van der Waals surface area contributed by atoms with Gasteiger partial charge in [-0.25, -0.2) is 0 Å². The van der Waals surface area contributed by atoms with Crippen LogP contribution in [0.5, 0.6) is 11.5 Å². The lowest BCUT2D eigenvalue weighted by molar-refractivity contribution is -0.132. The van der Waals surface area contributed by atoms with E-state index < -0.39 is 17.7 Å². The summed E-state index contributed by atoms with van der Waals surface area (Å²) in [4.78, 5) is 27.3. The van der Waals surface area contributed by atoms with Crippen molar-refractivity contribution in [3.05, 3.63) is 76.0 Å². The van der Waals surface area contributed by atoms with Crippen molar-refractivity contribution >= 4 is 34.9 Å². The largest absolute Gasteiger partial charge is 0.507 e. The number of aromatic nitrogens is 1. The highest BCUT2D eigenvalue weighted by Gasteiger charge is 2.48. The highest BCUT2D eigenvalue weighted by Crippen LogP contribution is 2.43. The molecule has 2 heterocycles. The second-order valence-corrected chi connectivity index (χ2v) is 7.52. The lowest BCUT2D eigenvalue weighted by atomic mass is 9.95. The fourth-order valence-corrected chi connectivity index (χ4v) is 3.76. The second-order valence-electron chi connectivity index (χ2n) is 7.09. The third kappa shape index (κ3) is 3.58. The van der Waals surface area contributed by atoms with Gasteiger partial charge >= 0.3 is 5.91 Å². The van der Waals surface area contributed by atoms with E-state index in [1.54, 1.807) is 55.5 Å². The van der Waals surface area contributed by atoms with E-state index in [2.05, 4.69) is 5.16 Å². The molecule has 1 saturated heterocycles. The van der Waals surface area contributed by atoms with Gasteiger partial charge in [0.05, 0.1) is 25.8 Å². The van der Waals surface area contributed by atoms with Crippen LogP contribution in [0.2, 0.25) is 5.02 Å². The number of aliphatic hydroxyl groups excluding tert-OH is 1. The van der Waals surface area contributed by atoms with Gasteiger partial charge in [0.15, 0.2) is 17.3 Å². The van der Waals surface area contributed by atoms with E-state index in [0.717, 1.165) is 0 Å². The highest BCUT2D eigenvalue weighted by molar-refractivity contribution is 6.51. The summed E-state index contributed by atoms with van der Waals surface area (Å²) in [7, 11) is 2.98. The van der Waals surface area contributed by atoms with E-state index in [0.29, 0.717) is 33.4 Å². The van der Waals surface area contributed by atoms with E-state index >= 15 is 0 Å². The monoisotopic (exact) mass is 454 g/mol. The molecule has 164 valence electrons. The number of hydrogen-bond acceptors (Lipinski definition) is 7. The van der Waals surface area contributed by atoms with E-state index in [1.165, 1.54) is 19.1 Å². The first-order chi connectivity index (χ1) is 15.3. The molecule has 0 radical (unpaired) electrons. The van der Waals surface area contributed by atoms with Crippen molar-refractivity contribution in [1.82, 2.24) is 5.16 Å². The molecule has 1 aliphatic rings. The molecule has 1 N–H and O–H groups in total. The molecule has 8 nitrogen and oxygen atoms in total. The Balaban J connectivity index is 1.95. The normalized spacial score (nSPS) is 17.6. The summed E-state index contributed by atoms with van der Waals surface area (Å²) in [5.41, 5.74) is 0.762. The van der Waals surface area contributed by atoms with Crippen LogP contribution in [0.25, 0.3) is 5.76 Å². The van der Waals surface area contributed by atoms with Crippen molar-refractivity contribution in [2.24, 2.45) is 0 Å². The van der Waals surface area contributed by atoms with Gasteiger partial charge in [-0.3, -0.25) is 14.5 Å². The molecule has 1 amide bonds. The number of ketones is 1. The molecular formula is C23H19ClN2O6. The summed E-state index contributed by atoms with van der Waals surface area (Å²) in [5, 5.41) is 15.4. The molecule has 0 spiro atoms. The van der Waals surface area contributed by atoms with E-state index in [4.69, 9.17) is 25.6 Å². The lowest BCUT2D eigenvalue weighted by Gasteiger charge is -2.23. The number of halogens is 1. The number of aliphatic hydroxyl groups is 1. The van der Waals surface area contributed by atoms with Gasteiger partial charge in [0.2, 0.25) is 0 Å². The number of Topliss-reactive ketones (excluding diaryl/α,β-unsaturated/α-hetero) is 1. The van der Waals surface area contributed by atoms with E-state index in [1.807, 2.05) is 0 Å². The summed E-state index contributed by atoms with van der Waals surface area (Å²) in [6, 6.07) is 11.9. The van der Waals surface area contributed by atoms with Gasteiger partial charge in [0.25, 0.3) is 5.78 Å². The van der Waals surface area contributed by atoms with Gasteiger partial charge in [-0.15, -0.1) is 0 Å². The first-order valence-electron chi connectivity index (χ1n) is 9.58. The number of nitrogens with zero attached hydrogens (tertiary/aromatic N) is 2. The van der Waals surface area contributed by atoms with Crippen LogP contribution in [0.15, 0.2) is 58.6 Å². The first-order valence-corrected chi connectivity index (χ1v) is 9.95. The molecule has 3 aromatic rings. The SMILES string of the molecule is COc1ccc(C2C(=C(O)c3ccc(Cl)cc3)C(=O)C(=O)N2c2cc(C)on2)cc1OC. The summed E-state index contributed by atoms with van der Waals surface area (Å²) >= 11 is 5.95. The van der Waals surface area contributed by atoms with E-state index in [-0.39, 0.29) is 17.2 Å². The molecule has 1 unspecified atom stereocenters. The number of methoxy groups -OCH3 is 2. The molecule has 1 fully saturated rings. The number of aryl methyl sites for hydroxylation is 1. The Morgan fingerprint density at radius 2 is 1.75 bits per heavy atom. The molecule has 4 rings (SSSR count). The quantitative estimate of drug-likeness (QED) is 0.348. The summed E-state index contributed by atoms with van der Waals surface area (Å²) < 4.78 is 15.8. The van der Waals surface area contributed by atoms with Crippen LogP contribution in [-0.2, 0) is 9.59 Å².